The molecule has 2 aliphatic rings. The van der Waals surface area contributed by atoms with Gasteiger partial charge >= 0.3 is 0 Å². The molecule has 10 nitrogen and oxygen atoms in total. The SMILES string of the molecule is CCCCC1=NC2(CCCC2)C(=O)N1Cc1ccc(-c2ccccc2S(=O)(=O)Nc2onc(C)c2C)c(CN(C)C(=O)c2cccc(Cl)c2)c1. The number of carbonyl (C=O) groups is 2. The number of aliphatic imine (C=N–C) groups is 1. The number of nitrogens with zero attached hydrogens (tertiary/aromatic N) is 4. The Morgan fingerprint density at radius 2 is 1.80 bits per heavy atom. The van der Waals surface area contributed by atoms with Crippen LogP contribution in [0.5, 0.6) is 0 Å². The van der Waals surface area contributed by atoms with E-state index in [4.69, 9.17) is 21.1 Å². The summed E-state index contributed by atoms with van der Waals surface area (Å²) in [5, 5.41) is 4.34. The number of hydrogen-bond donors (Lipinski definition) is 1. The number of sulfonamides is 1. The van der Waals surface area contributed by atoms with E-state index >= 15 is 0 Å². The van der Waals surface area contributed by atoms with Gasteiger partial charge in [-0.3, -0.25) is 19.5 Å². The van der Waals surface area contributed by atoms with E-state index in [0.717, 1.165) is 56.3 Å². The number of halogens is 1. The fraction of sp³-hybridized carbons (Fsp3) is 0.368. The molecule has 1 aliphatic heterocycles. The summed E-state index contributed by atoms with van der Waals surface area (Å²) in [6.07, 6.45) is 6.17. The van der Waals surface area contributed by atoms with E-state index in [-0.39, 0.29) is 29.1 Å². The number of carbonyl (C=O) groups excluding carboxylic acids is 2. The van der Waals surface area contributed by atoms with Gasteiger partial charge in [-0.15, -0.1) is 0 Å². The van der Waals surface area contributed by atoms with Crippen LogP contribution in [0.1, 0.15) is 84.6 Å². The second-order valence-corrected chi connectivity index (χ2v) is 15.3. The third-order valence-corrected chi connectivity index (χ3v) is 11.3. The van der Waals surface area contributed by atoms with Gasteiger partial charge in [-0.1, -0.05) is 85.4 Å². The summed E-state index contributed by atoms with van der Waals surface area (Å²) >= 11 is 6.20. The van der Waals surface area contributed by atoms with Gasteiger partial charge in [0.05, 0.1) is 17.1 Å². The largest absolute Gasteiger partial charge is 0.337 e. The van der Waals surface area contributed by atoms with Crippen molar-refractivity contribution in [2.24, 2.45) is 4.99 Å². The highest BCUT2D eigenvalue weighted by molar-refractivity contribution is 7.92. The minimum Gasteiger partial charge on any atom is -0.337 e. The van der Waals surface area contributed by atoms with Crippen LogP contribution in [-0.2, 0) is 27.9 Å². The molecule has 0 unspecified atom stereocenters. The van der Waals surface area contributed by atoms with Gasteiger partial charge in [0.25, 0.3) is 21.8 Å². The maximum Gasteiger partial charge on any atom is 0.264 e. The van der Waals surface area contributed by atoms with Gasteiger partial charge in [-0.25, -0.2) is 13.1 Å². The Kier molecular flexibility index (Phi) is 10.2. The summed E-state index contributed by atoms with van der Waals surface area (Å²) in [5.41, 5.74) is 3.60. The van der Waals surface area contributed by atoms with E-state index in [0.29, 0.717) is 45.1 Å². The van der Waals surface area contributed by atoms with Crippen molar-refractivity contribution in [2.45, 2.75) is 89.2 Å². The first kappa shape index (κ1) is 35.3. The first-order valence-corrected chi connectivity index (χ1v) is 18.9. The van der Waals surface area contributed by atoms with Crippen molar-refractivity contribution in [3.05, 3.63) is 99.7 Å². The molecule has 4 aromatic rings. The van der Waals surface area contributed by atoms with E-state index < -0.39 is 15.6 Å². The molecule has 2 amide bonds. The summed E-state index contributed by atoms with van der Waals surface area (Å²) in [5.74, 6) is 0.698. The van der Waals surface area contributed by atoms with Crippen molar-refractivity contribution in [1.82, 2.24) is 15.0 Å². The molecule has 0 bridgehead atoms. The predicted molar refractivity (Wildman–Crippen MR) is 195 cm³/mol. The molecule has 1 fully saturated rings. The molecular weight excluding hydrogens is 674 g/mol. The van der Waals surface area contributed by atoms with Crippen LogP contribution in [0.3, 0.4) is 0 Å². The topological polar surface area (TPSA) is 125 Å². The van der Waals surface area contributed by atoms with Crippen LogP contribution in [0.15, 0.2) is 81.1 Å². The van der Waals surface area contributed by atoms with E-state index in [9.17, 15) is 18.0 Å². The quantitative estimate of drug-likeness (QED) is 0.159. The Balaban J connectivity index is 1.39. The van der Waals surface area contributed by atoms with Crippen molar-refractivity contribution < 1.29 is 22.5 Å². The average Bonchev–Trinajstić information content (AvgIpc) is 3.78. The molecule has 0 saturated heterocycles. The van der Waals surface area contributed by atoms with Crippen LogP contribution < -0.4 is 4.72 Å². The molecule has 12 heteroatoms. The zero-order valence-electron chi connectivity index (χ0n) is 28.8. The van der Waals surface area contributed by atoms with Crippen LogP contribution in [0, 0.1) is 13.8 Å². The number of unbranched alkanes of at least 4 members (excludes halogenated alkanes) is 1. The van der Waals surface area contributed by atoms with E-state index in [1.165, 1.54) is 6.07 Å². The van der Waals surface area contributed by atoms with Crippen molar-refractivity contribution in [1.29, 1.82) is 0 Å². The van der Waals surface area contributed by atoms with Gasteiger partial charge in [-0.05, 0) is 74.1 Å². The number of anilines is 1. The molecule has 50 heavy (non-hydrogen) atoms. The Labute approximate surface area is 298 Å². The van der Waals surface area contributed by atoms with Gasteiger partial charge in [0.2, 0.25) is 5.88 Å². The Bertz CT molecular complexity index is 2070. The number of amides is 2. The van der Waals surface area contributed by atoms with Crippen LogP contribution in [-0.4, -0.2) is 53.6 Å². The van der Waals surface area contributed by atoms with Gasteiger partial charge in [0.1, 0.15) is 11.4 Å². The molecule has 1 spiro atoms. The lowest BCUT2D eigenvalue weighted by molar-refractivity contribution is -0.131. The number of aromatic nitrogens is 1. The highest BCUT2D eigenvalue weighted by Crippen LogP contribution is 2.40. The number of nitrogens with one attached hydrogen (secondary N) is 1. The number of amidine groups is 1. The molecular formula is C38H42ClN5O5S. The molecule has 1 aliphatic carbocycles. The van der Waals surface area contributed by atoms with Crippen molar-refractivity contribution >= 4 is 45.2 Å². The van der Waals surface area contributed by atoms with Gasteiger partial charge < -0.3 is 9.42 Å². The van der Waals surface area contributed by atoms with Crippen LogP contribution in [0.2, 0.25) is 5.02 Å². The van der Waals surface area contributed by atoms with E-state index in [2.05, 4.69) is 16.8 Å². The van der Waals surface area contributed by atoms with Crippen LogP contribution >= 0.6 is 11.6 Å². The monoisotopic (exact) mass is 715 g/mol. The summed E-state index contributed by atoms with van der Waals surface area (Å²) in [6, 6.07) is 19.2. The second-order valence-electron chi connectivity index (χ2n) is 13.2. The summed E-state index contributed by atoms with van der Waals surface area (Å²) in [7, 11) is -2.43. The first-order chi connectivity index (χ1) is 23.9. The average molecular weight is 716 g/mol. The number of hydrogen-bond acceptors (Lipinski definition) is 7. The third-order valence-electron chi connectivity index (χ3n) is 9.67. The molecule has 3 aromatic carbocycles. The standard InChI is InChI=1S/C38H42ClN5O5S/c1-5-6-16-34-40-38(19-9-10-20-38)37(46)44(34)23-27-17-18-31(29(21-27)24-43(4)36(45)28-12-11-13-30(39)22-28)32-14-7-8-15-33(32)50(47,48)42-35-25(2)26(3)41-49-35/h7-8,11-15,17-18,21-22,42H,5-6,9-10,16,19-20,23-24H2,1-4H3. The van der Waals surface area contributed by atoms with Gasteiger partial charge in [0, 0.05) is 41.7 Å². The summed E-state index contributed by atoms with van der Waals surface area (Å²) in [4.78, 5) is 36.0. The molecule has 1 N–H and O–H groups in total. The zero-order valence-corrected chi connectivity index (χ0v) is 30.4. The predicted octanol–water partition coefficient (Wildman–Crippen LogP) is 7.93. The zero-order chi connectivity index (χ0) is 35.6. The van der Waals surface area contributed by atoms with Crippen LogP contribution in [0.25, 0.3) is 11.1 Å². The normalized spacial score (nSPS) is 15.5. The lowest BCUT2D eigenvalue weighted by Gasteiger charge is -2.24. The van der Waals surface area contributed by atoms with Gasteiger partial charge in [0.15, 0.2) is 0 Å². The molecule has 2 heterocycles. The molecule has 1 aromatic heterocycles. The maximum atomic E-state index is 13.9. The number of benzene rings is 3. The van der Waals surface area contributed by atoms with Crippen LogP contribution in [0.4, 0.5) is 5.88 Å². The van der Waals surface area contributed by atoms with Gasteiger partial charge in [-0.2, -0.15) is 0 Å². The van der Waals surface area contributed by atoms with Crippen molar-refractivity contribution in [3.8, 4) is 11.1 Å². The number of aryl methyl sites for hydroxylation is 1. The van der Waals surface area contributed by atoms with E-state index in [1.807, 2.05) is 23.1 Å². The maximum absolute atomic E-state index is 13.9. The third kappa shape index (κ3) is 7.07. The van der Waals surface area contributed by atoms with Crippen molar-refractivity contribution in [3.63, 3.8) is 0 Å². The summed E-state index contributed by atoms with van der Waals surface area (Å²) in [6.45, 7) is 6.08. The summed E-state index contributed by atoms with van der Waals surface area (Å²) < 4.78 is 35.6. The highest BCUT2D eigenvalue weighted by Gasteiger charge is 2.49. The highest BCUT2D eigenvalue weighted by atomic mass is 35.5. The fourth-order valence-electron chi connectivity index (χ4n) is 6.80. The fourth-order valence-corrected chi connectivity index (χ4v) is 8.26. The molecule has 0 atom stereocenters. The molecule has 6 rings (SSSR count). The minimum absolute atomic E-state index is 0.0400. The lowest BCUT2D eigenvalue weighted by atomic mass is 9.95. The Morgan fingerprint density at radius 3 is 2.50 bits per heavy atom. The lowest BCUT2D eigenvalue weighted by Crippen LogP contribution is -2.40. The second kappa shape index (κ2) is 14.4. The Morgan fingerprint density at radius 1 is 1.04 bits per heavy atom. The minimum atomic E-state index is -4.12. The Hall–Kier alpha value is -4.48. The van der Waals surface area contributed by atoms with Crippen molar-refractivity contribution in [2.75, 3.05) is 11.8 Å². The smallest absolute Gasteiger partial charge is 0.264 e. The number of rotatable bonds is 12. The molecule has 1 saturated carbocycles. The van der Waals surface area contributed by atoms with E-state index in [1.54, 1.807) is 68.3 Å². The molecule has 262 valence electrons. The molecule has 0 radical (unpaired) electrons. The first-order valence-electron chi connectivity index (χ1n) is 17.0.